The molecule has 3 rings (SSSR count). The highest BCUT2D eigenvalue weighted by atomic mass is 16.2. The number of rotatable bonds is 2. The van der Waals surface area contributed by atoms with Gasteiger partial charge in [-0.2, -0.15) is 0 Å². The fourth-order valence-electron chi connectivity index (χ4n) is 3.20. The van der Waals surface area contributed by atoms with E-state index in [9.17, 15) is 4.79 Å². The smallest absolute Gasteiger partial charge is 0.289 e. The van der Waals surface area contributed by atoms with E-state index < -0.39 is 0 Å². The van der Waals surface area contributed by atoms with E-state index in [4.69, 9.17) is 0 Å². The maximum Gasteiger partial charge on any atom is 0.289 e. The van der Waals surface area contributed by atoms with Crippen molar-refractivity contribution in [1.82, 2.24) is 14.5 Å². The minimum atomic E-state index is 0.0281. The van der Waals surface area contributed by atoms with Crippen LogP contribution in [0.4, 0.5) is 0 Å². The summed E-state index contributed by atoms with van der Waals surface area (Å²) in [5.41, 5.74) is 1.34. The Labute approximate surface area is 125 Å². The Bertz CT molecular complexity index is 634. The molecule has 0 saturated carbocycles. The lowest BCUT2D eigenvalue weighted by Gasteiger charge is -2.40. The number of carbonyl (C=O) groups excluding carboxylic acids is 1. The molecule has 1 amide bonds. The Balaban J connectivity index is 1.83. The van der Waals surface area contributed by atoms with Crippen LogP contribution < -0.4 is 0 Å². The predicted octanol–water partition coefficient (Wildman–Crippen LogP) is 2.61. The van der Waals surface area contributed by atoms with Crippen LogP contribution in [0, 0.1) is 0 Å². The average molecular weight is 283 g/mol. The zero-order valence-corrected chi connectivity index (χ0v) is 12.6. The van der Waals surface area contributed by atoms with Crippen molar-refractivity contribution in [2.24, 2.45) is 7.05 Å². The summed E-state index contributed by atoms with van der Waals surface area (Å²) in [6, 6.07) is 10.5. The second-order valence-corrected chi connectivity index (χ2v) is 6.12. The van der Waals surface area contributed by atoms with Crippen molar-refractivity contribution in [3.05, 3.63) is 54.1 Å². The molecule has 0 radical (unpaired) electrons. The van der Waals surface area contributed by atoms with Crippen LogP contribution in [0.2, 0.25) is 0 Å². The molecule has 21 heavy (non-hydrogen) atoms. The number of amides is 1. The number of hydrogen-bond donors (Lipinski definition) is 0. The number of aromatic nitrogens is 2. The van der Waals surface area contributed by atoms with Gasteiger partial charge in [0.05, 0.1) is 0 Å². The van der Waals surface area contributed by atoms with Crippen molar-refractivity contribution in [1.29, 1.82) is 0 Å². The number of likely N-dealkylation sites (tertiary alicyclic amines) is 1. The van der Waals surface area contributed by atoms with Crippen LogP contribution in [0.1, 0.15) is 35.9 Å². The molecule has 0 bridgehead atoms. The number of nitrogens with zero attached hydrogens (tertiary/aromatic N) is 3. The minimum absolute atomic E-state index is 0.0281. The Kier molecular flexibility index (Phi) is 3.53. The van der Waals surface area contributed by atoms with E-state index >= 15 is 0 Å². The maximum atomic E-state index is 12.6. The SMILES string of the molecule is Cn1ccnc1C(=O)N1CCC[C@@](C)(c2ccccc2)C1. The van der Waals surface area contributed by atoms with Gasteiger partial charge in [-0.1, -0.05) is 37.3 Å². The molecule has 2 aromatic rings. The third-order valence-electron chi connectivity index (χ3n) is 4.47. The summed E-state index contributed by atoms with van der Waals surface area (Å²) in [5, 5.41) is 0. The summed E-state index contributed by atoms with van der Waals surface area (Å²) in [5.74, 6) is 0.552. The highest BCUT2D eigenvalue weighted by molar-refractivity contribution is 5.91. The van der Waals surface area contributed by atoms with Crippen LogP contribution in [-0.2, 0) is 12.5 Å². The molecule has 1 fully saturated rings. The molecular formula is C17H21N3O. The summed E-state index contributed by atoms with van der Waals surface area (Å²) >= 11 is 0. The monoisotopic (exact) mass is 283 g/mol. The van der Waals surface area contributed by atoms with Crippen molar-refractivity contribution in [2.45, 2.75) is 25.2 Å². The van der Waals surface area contributed by atoms with Crippen LogP contribution >= 0.6 is 0 Å². The van der Waals surface area contributed by atoms with Crippen LogP contribution in [0.3, 0.4) is 0 Å². The Morgan fingerprint density at radius 1 is 1.29 bits per heavy atom. The number of aryl methyl sites for hydroxylation is 1. The Hall–Kier alpha value is -2.10. The summed E-state index contributed by atoms with van der Waals surface area (Å²) in [7, 11) is 1.86. The molecule has 1 aliphatic rings. The molecule has 0 aliphatic carbocycles. The minimum Gasteiger partial charge on any atom is -0.335 e. The second kappa shape index (κ2) is 5.35. The van der Waals surface area contributed by atoms with E-state index in [1.807, 2.05) is 24.2 Å². The van der Waals surface area contributed by atoms with Crippen LogP contribution in [0.15, 0.2) is 42.7 Å². The summed E-state index contributed by atoms with van der Waals surface area (Å²) in [6.45, 7) is 3.82. The topological polar surface area (TPSA) is 38.1 Å². The molecule has 2 heterocycles. The number of carbonyl (C=O) groups is 1. The molecule has 1 saturated heterocycles. The molecule has 1 atom stereocenters. The molecule has 4 heteroatoms. The van der Waals surface area contributed by atoms with E-state index in [2.05, 4.69) is 36.2 Å². The van der Waals surface area contributed by atoms with E-state index in [-0.39, 0.29) is 11.3 Å². The van der Waals surface area contributed by atoms with Gasteiger partial charge in [0.1, 0.15) is 0 Å². The first-order chi connectivity index (χ1) is 10.1. The van der Waals surface area contributed by atoms with Gasteiger partial charge in [0.15, 0.2) is 5.82 Å². The maximum absolute atomic E-state index is 12.6. The van der Waals surface area contributed by atoms with E-state index in [0.29, 0.717) is 5.82 Å². The fourth-order valence-corrected chi connectivity index (χ4v) is 3.20. The van der Waals surface area contributed by atoms with Crippen molar-refractivity contribution in [2.75, 3.05) is 13.1 Å². The molecule has 1 aromatic carbocycles. The van der Waals surface area contributed by atoms with Crippen molar-refractivity contribution < 1.29 is 4.79 Å². The summed E-state index contributed by atoms with van der Waals surface area (Å²) in [6.07, 6.45) is 5.63. The third kappa shape index (κ3) is 2.58. The first-order valence-electron chi connectivity index (χ1n) is 7.42. The number of imidazole rings is 1. The van der Waals surface area contributed by atoms with E-state index in [1.54, 1.807) is 10.8 Å². The molecule has 0 spiro atoms. The highest BCUT2D eigenvalue weighted by Gasteiger charge is 2.35. The molecule has 4 nitrogen and oxygen atoms in total. The van der Waals surface area contributed by atoms with Crippen LogP contribution in [-0.4, -0.2) is 33.4 Å². The van der Waals surface area contributed by atoms with Crippen molar-refractivity contribution >= 4 is 5.91 Å². The van der Waals surface area contributed by atoms with Gasteiger partial charge in [-0.3, -0.25) is 4.79 Å². The number of benzene rings is 1. The van der Waals surface area contributed by atoms with Gasteiger partial charge in [0, 0.05) is 37.9 Å². The lowest BCUT2D eigenvalue weighted by atomic mass is 9.76. The van der Waals surface area contributed by atoms with Gasteiger partial charge >= 0.3 is 0 Å². The Morgan fingerprint density at radius 3 is 2.71 bits per heavy atom. The molecule has 1 aromatic heterocycles. The van der Waals surface area contributed by atoms with E-state index in [1.165, 1.54) is 5.56 Å². The first-order valence-corrected chi connectivity index (χ1v) is 7.42. The zero-order valence-electron chi connectivity index (χ0n) is 12.6. The van der Waals surface area contributed by atoms with Gasteiger partial charge in [-0.25, -0.2) is 4.98 Å². The number of hydrogen-bond acceptors (Lipinski definition) is 2. The van der Waals surface area contributed by atoms with Gasteiger partial charge in [0.2, 0.25) is 0 Å². The average Bonchev–Trinajstić information content (AvgIpc) is 2.93. The quantitative estimate of drug-likeness (QED) is 0.849. The van der Waals surface area contributed by atoms with Gasteiger partial charge in [-0.05, 0) is 18.4 Å². The molecule has 1 aliphatic heterocycles. The van der Waals surface area contributed by atoms with Gasteiger partial charge < -0.3 is 9.47 Å². The lowest BCUT2D eigenvalue weighted by molar-refractivity contribution is 0.0635. The molecule has 0 unspecified atom stereocenters. The lowest BCUT2D eigenvalue weighted by Crippen LogP contribution is -2.47. The Morgan fingerprint density at radius 2 is 2.05 bits per heavy atom. The van der Waals surface area contributed by atoms with Crippen molar-refractivity contribution in [3.63, 3.8) is 0 Å². The molecule has 0 N–H and O–H groups in total. The second-order valence-electron chi connectivity index (χ2n) is 6.12. The largest absolute Gasteiger partial charge is 0.335 e. The summed E-state index contributed by atoms with van der Waals surface area (Å²) < 4.78 is 1.79. The van der Waals surface area contributed by atoms with Gasteiger partial charge in [-0.15, -0.1) is 0 Å². The van der Waals surface area contributed by atoms with Crippen molar-refractivity contribution in [3.8, 4) is 0 Å². The highest BCUT2D eigenvalue weighted by Crippen LogP contribution is 2.33. The normalized spacial score (nSPS) is 22.3. The standard InChI is InChI=1S/C17H21N3O/c1-17(14-7-4-3-5-8-14)9-6-11-20(13-17)16(21)15-18-10-12-19(15)2/h3-5,7-8,10,12H,6,9,11,13H2,1-2H3/t17-/m1/s1. The third-order valence-corrected chi connectivity index (χ3v) is 4.47. The predicted molar refractivity (Wildman–Crippen MR) is 82.1 cm³/mol. The summed E-state index contributed by atoms with van der Waals surface area (Å²) in [4.78, 5) is 18.8. The molecular weight excluding hydrogens is 262 g/mol. The van der Waals surface area contributed by atoms with Crippen LogP contribution in [0.5, 0.6) is 0 Å². The first kappa shape index (κ1) is 13.9. The van der Waals surface area contributed by atoms with E-state index in [0.717, 1.165) is 25.9 Å². The zero-order chi connectivity index (χ0) is 14.9. The van der Waals surface area contributed by atoms with Gasteiger partial charge in [0.25, 0.3) is 5.91 Å². The molecule has 110 valence electrons. The van der Waals surface area contributed by atoms with Crippen LogP contribution in [0.25, 0.3) is 0 Å². The number of piperidine rings is 1. The fraction of sp³-hybridized carbons (Fsp3) is 0.412.